The lowest BCUT2D eigenvalue weighted by molar-refractivity contribution is 0.0174. The van der Waals surface area contributed by atoms with E-state index >= 15 is 0 Å². The first-order chi connectivity index (χ1) is 10.8. The van der Waals surface area contributed by atoms with Crippen LogP contribution in [0.3, 0.4) is 0 Å². The van der Waals surface area contributed by atoms with Gasteiger partial charge >= 0.3 is 6.09 Å². The number of rotatable bonds is 4. The largest absolute Gasteiger partial charge is 0.444 e. The van der Waals surface area contributed by atoms with Crippen LogP contribution in [0.1, 0.15) is 58.1 Å². The average molecular weight is 319 g/mol. The molecule has 1 aliphatic rings. The van der Waals surface area contributed by atoms with E-state index in [1.54, 1.807) is 4.90 Å². The van der Waals surface area contributed by atoms with E-state index in [0.717, 1.165) is 44.3 Å². The zero-order valence-corrected chi connectivity index (χ0v) is 14.5. The van der Waals surface area contributed by atoms with Crippen LogP contribution in [0.25, 0.3) is 0 Å². The van der Waals surface area contributed by atoms with Crippen molar-refractivity contribution in [3.63, 3.8) is 0 Å². The highest BCUT2D eigenvalue weighted by molar-refractivity contribution is 5.68. The molecule has 0 aromatic heterocycles. The number of carbonyl (C=O) groups excluding carboxylic acids is 1. The molecule has 0 unspecified atom stereocenters. The van der Waals surface area contributed by atoms with Crippen LogP contribution in [0, 0.1) is 5.92 Å². The number of hydrogen-bond donors (Lipinski definition) is 1. The molecule has 2 rings (SSSR count). The molecule has 4 heteroatoms. The molecule has 1 fully saturated rings. The van der Waals surface area contributed by atoms with Crippen LogP contribution in [0.5, 0.6) is 0 Å². The number of ether oxygens (including phenoxy) is 1. The Balaban J connectivity index is 1.72. The summed E-state index contributed by atoms with van der Waals surface area (Å²) in [5.41, 5.74) is 0.548. The summed E-state index contributed by atoms with van der Waals surface area (Å²) in [4.78, 5) is 13.8. The fraction of sp³-hybridized carbons (Fsp3) is 0.632. The molecule has 23 heavy (non-hydrogen) atoms. The molecule has 1 atom stereocenters. The number of likely N-dealkylation sites (tertiary alicyclic amines) is 1. The van der Waals surface area contributed by atoms with Crippen molar-refractivity contribution in [2.75, 3.05) is 13.1 Å². The highest BCUT2D eigenvalue weighted by Gasteiger charge is 2.27. The molecule has 1 aromatic rings. The number of aliphatic hydroxyl groups excluding tert-OH is 1. The monoisotopic (exact) mass is 319 g/mol. The molecule has 1 aliphatic heterocycles. The van der Waals surface area contributed by atoms with Gasteiger partial charge in [-0.15, -0.1) is 0 Å². The van der Waals surface area contributed by atoms with Gasteiger partial charge in [0.15, 0.2) is 0 Å². The van der Waals surface area contributed by atoms with Gasteiger partial charge in [-0.05, 0) is 57.9 Å². The van der Waals surface area contributed by atoms with Crippen LogP contribution in [0.15, 0.2) is 30.3 Å². The first-order valence-corrected chi connectivity index (χ1v) is 8.56. The second-order valence-corrected chi connectivity index (χ2v) is 7.41. The quantitative estimate of drug-likeness (QED) is 0.907. The van der Waals surface area contributed by atoms with Gasteiger partial charge in [0.05, 0.1) is 6.10 Å². The predicted molar refractivity (Wildman–Crippen MR) is 91.2 cm³/mol. The number of aliphatic hydroxyl groups is 1. The van der Waals surface area contributed by atoms with Crippen molar-refractivity contribution in [2.24, 2.45) is 5.92 Å². The number of amides is 1. The SMILES string of the molecule is CC(C)(C)OC(=O)N1CCC(CC[C@@H](O)c2ccccc2)CC1. The Kier molecular flexibility index (Phi) is 6.05. The first-order valence-electron chi connectivity index (χ1n) is 8.56. The number of carbonyl (C=O) groups is 1. The number of nitrogens with zero attached hydrogens (tertiary/aromatic N) is 1. The van der Waals surface area contributed by atoms with Crippen molar-refractivity contribution < 1.29 is 14.6 Å². The summed E-state index contributed by atoms with van der Waals surface area (Å²) in [6.07, 6.45) is 3.15. The normalized spacial score (nSPS) is 17.8. The van der Waals surface area contributed by atoms with Gasteiger partial charge in [0.1, 0.15) is 5.60 Å². The minimum absolute atomic E-state index is 0.208. The predicted octanol–water partition coefficient (Wildman–Crippen LogP) is 4.15. The number of piperidine rings is 1. The van der Waals surface area contributed by atoms with Crippen molar-refractivity contribution in [3.8, 4) is 0 Å². The Morgan fingerprint density at radius 3 is 2.43 bits per heavy atom. The molecule has 1 heterocycles. The van der Waals surface area contributed by atoms with Gasteiger partial charge < -0.3 is 14.7 Å². The van der Waals surface area contributed by atoms with Gasteiger partial charge in [0.2, 0.25) is 0 Å². The van der Waals surface area contributed by atoms with E-state index < -0.39 is 5.60 Å². The Hall–Kier alpha value is -1.55. The van der Waals surface area contributed by atoms with Crippen molar-refractivity contribution in [1.29, 1.82) is 0 Å². The smallest absolute Gasteiger partial charge is 0.410 e. The van der Waals surface area contributed by atoms with E-state index in [1.165, 1.54) is 0 Å². The van der Waals surface area contributed by atoms with E-state index in [0.29, 0.717) is 5.92 Å². The van der Waals surface area contributed by atoms with Crippen molar-refractivity contribution in [2.45, 2.75) is 58.2 Å². The number of hydrogen-bond acceptors (Lipinski definition) is 3. The third-order valence-corrected chi connectivity index (χ3v) is 4.30. The summed E-state index contributed by atoms with van der Waals surface area (Å²) in [7, 11) is 0. The average Bonchev–Trinajstić information content (AvgIpc) is 2.52. The van der Waals surface area contributed by atoms with Gasteiger partial charge in [0.25, 0.3) is 0 Å². The molecule has 4 nitrogen and oxygen atoms in total. The summed E-state index contributed by atoms with van der Waals surface area (Å²) in [6, 6.07) is 9.81. The Bertz CT molecular complexity index is 487. The second-order valence-electron chi connectivity index (χ2n) is 7.41. The molecule has 1 N–H and O–H groups in total. The molecule has 0 spiro atoms. The summed E-state index contributed by atoms with van der Waals surface area (Å²) in [5.74, 6) is 0.576. The maximum atomic E-state index is 12.0. The van der Waals surface area contributed by atoms with Crippen LogP contribution < -0.4 is 0 Å². The zero-order chi connectivity index (χ0) is 16.9. The Morgan fingerprint density at radius 2 is 1.87 bits per heavy atom. The van der Waals surface area contributed by atoms with Gasteiger partial charge in [-0.3, -0.25) is 0 Å². The van der Waals surface area contributed by atoms with Crippen molar-refractivity contribution in [3.05, 3.63) is 35.9 Å². The molecule has 0 saturated carbocycles. The van der Waals surface area contributed by atoms with Crippen LogP contribution in [-0.4, -0.2) is 34.8 Å². The molecule has 0 aliphatic carbocycles. The van der Waals surface area contributed by atoms with Crippen LogP contribution in [0.2, 0.25) is 0 Å². The maximum absolute atomic E-state index is 12.0. The summed E-state index contributed by atoms with van der Waals surface area (Å²) < 4.78 is 5.42. The summed E-state index contributed by atoms with van der Waals surface area (Å²) in [5, 5.41) is 10.2. The molecule has 1 aromatic carbocycles. The topological polar surface area (TPSA) is 49.8 Å². The van der Waals surface area contributed by atoms with Crippen molar-refractivity contribution in [1.82, 2.24) is 4.90 Å². The molecule has 0 bridgehead atoms. The Labute approximate surface area is 139 Å². The molecule has 1 amide bonds. The lowest BCUT2D eigenvalue weighted by Crippen LogP contribution is -2.41. The lowest BCUT2D eigenvalue weighted by Gasteiger charge is -2.33. The van der Waals surface area contributed by atoms with Crippen molar-refractivity contribution >= 4 is 6.09 Å². The highest BCUT2D eigenvalue weighted by atomic mass is 16.6. The molecular weight excluding hydrogens is 290 g/mol. The maximum Gasteiger partial charge on any atom is 0.410 e. The van der Waals surface area contributed by atoms with Crippen LogP contribution in [0.4, 0.5) is 4.79 Å². The number of benzene rings is 1. The van der Waals surface area contributed by atoms with E-state index in [1.807, 2.05) is 51.1 Å². The molecule has 1 saturated heterocycles. The Morgan fingerprint density at radius 1 is 1.26 bits per heavy atom. The minimum atomic E-state index is -0.437. The lowest BCUT2D eigenvalue weighted by atomic mass is 9.90. The third kappa shape index (κ3) is 5.87. The fourth-order valence-electron chi connectivity index (χ4n) is 2.97. The third-order valence-electron chi connectivity index (χ3n) is 4.30. The molecular formula is C19H29NO3. The van der Waals surface area contributed by atoms with Crippen LogP contribution >= 0.6 is 0 Å². The van der Waals surface area contributed by atoms with Gasteiger partial charge in [0, 0.05) is 13.1 Å². The van der Waals surface area contributed by atoms with E-state index in [2.05, 4.69) is 0 Å². The highest BCUT2D eigenvalue weighted by Crippen LogP contribution is 2.27. The summed E-state index contributed by atoms with van der Waals surface area (Å²) in [6.45, 7) is 7.18. The van der Waals surface area contributed by atoms with E-state index in [9.17, 15) is 9.90 Å². The second kappa shape index (κ2) is 7.82. The van der Waals surface area contributed by atoms with Gasteiger partial charge in [-0.1, -0.05) is 30.3 Å². The molecule has 0 radical (unpaired) electrons. The van der Waals surface area contributed by atoms with E-state index in [4.69, 9.17) is 4.74 Å². The van der Waals surface area contributed by atoms with Crippen LogP contribution in [-0.2, 0) is 4.74 Å². The zero-order valence-electron chi connectivity index (χ0n) is 14.5. The van der Waals surface area contributed by atoms with Gasteiger partial charge in [-0.25, -0.2) is 4.79 Å². The summed E-state index contributed by atoms with van der Waals surface area (Å²) >= 11 is 0. The van der Waals surface area contributed by atoms with E-state index in [-0.39, 0.29) is 12.2 Å². The fourth-order valence-corrected chi connectivity index (χ4v) is 2.97. The van der Waals surface area contributed by atoms with Gasteiger partial charge in [-0.2, -0.15) is 0 Å². The first kappa shape index (κ1) is 17.8. The molecule has 128 valence electrons. The minimum Gasteiger partial charge on any atom is -0.444 e. The standard InChI is InChI=1S/C19H29NO3/c1-19(2,3)23-18(22)20-13-11-15(12-14-20)9-10-17(21)16-7-5-4-6-8-16/h4-8,15,17,21H,9-14H2,1-3H3/t17-/m1/s1.